The Kier molecular flexibility index (Phi) is 6.97. The van der Waals surface area contributed by atoms with Gasteiger partial charge in [0.05, 0.1) is 29.7 Å². The summed E-state index contributed by atoms with van der Waals surface area (Å²) >= 11 is 5.92. The van der Waals surface area contributed by atoms with Crippen molar-refractivity contribution in [1.29, 1.82) is 0 Å². The third-order valence-corrected chi connectivity index (χ3v) is 7.62. The van der Waals surface area contributed by atoms with Crippen LogP contribution in [0, 0.1) is 0 Å². The summed E-state index contributed by atoms with van der Waals surface area (Å²) in [6.07, 6.45) is 2.70. The van der Waals surface area contributed by atoms with Gasteiger partial charge in [-0.1, -0.05) is 17.7 Å². The second kappa shape index (κ2) is 9.95. The van der Waals surface area contributed by atoms with Gasteiger partial charge in [-0.05, 0) is 60.2 Å². The molecule has 2 aromatic carbocycles. The Hall–Kier alpha value is -3.60. The molecule has 1 unspecified atom stereocenters. The molecule has 2 amide bonds. The number of benzene rings is 2. The van der Waals surface area contributed by atoms with E-state index >= 15 is 0 Å². The number of sulfonamides is 1. The smallest absolute Gasteiger partial charge is 0.337 e. The molecule has 180 valence electrons. The number of hydrogen-bond acceptors (Lipinski definition) is 7. The standard InChI is InChI=1S/C24H20ClN3O6S/c1-34-24(31)17-4-8-19(9-5-17)28-22(29)13-21(23(28)30)27(15-16-3-2-12-26-14-16)35(32,33)20-10-6-18(25)7-11-20/h2-12,14,21H,13,15H2,1H3. The second-order valence-electron chi connectivity index (χ2n) is 7.69. The number of esters is 1. The van der Waals surface area contributed by atoms with Crippen molar-refractivity contribution in [3.8, 4) is 0 Å². The van der Waals surface area contributed by atoms with Gasteiger partial charge in [0.25, 0.3) is 5.91 Å². The summed E-state index contributed by atoms with van der Waals surface area (Å²) in [4.78, 5) is 42.9. The van der Waals surface area contributed by atoms with E-state index in [2.05, 4.69) is 9.72 Å². The number of rotatable bonds is 7. The Morgan fingerprint density at radius 1 is 1.11 bits per heavy atom. The average Bonchev–Trinajstić information content (AvgIpc) is 3.16. The Bertz CT molecular complexity index is 1360. The second-order valence-corrected chi connectivity index (χ2v) is 10.0. The van der Waals surface area contributed by atoms with Crippen molar-refractivity contribution in [3.05, 3.63) is 89.2 Å². The number of nitrogens with zero attached hydrogens (tertiary/aromatic N) is 3. The first-order valence-electron chi connectivity index (χ1n) is 10.4. The van der Waals surface area contributed by atoms with E-state index in [1.807, 2.05) is 0 Å². The van der Waals surface area contributed by atoms with E-state index < -0.39 is 33.8 Å². The number of carbonyl (C=O) groups excluding carboxylic acids is 3. The van der Waals surface area contributed by atoms with Gasteiger partial charge in [0.2, 0.25) is 15.9 Å². The molecule has 1 saturated heterocycles. The molecule has 11 heteroatoms. The van der Waals surface area contributed by atoms with Crippen LogP contribution >= 0.6 is 11.6 Å². The van der Waals surface area contributed by atoms with Gasteiger partial charge in [-0.3, -0.25) is 14.6 Å². The van der Waals surface area contributed by atoms with E-state index in [0.717, 1.165) is 9.21 Å². The third-order valence-electron chi connectivity index (χ3n) is 5.50. The van der Waals surface area contributed by atoms with Crippen LogP contribution in [0.15, 0.2) is 78.0 Å². The molecule has 1 aliphatic heterocycles. The van der Waals surface area contributed by atoms with Gasteiger partial charge in [0, 0.05) is 24.0 Å². The maximum Gasteiger partial charge on any atom is 0.337 e. The van der Waals surface area contributed by atoms with Crippen molar-refractivity contribution in [2.45, 2.75) is 23.9 Å². The number of anilines is 1. The first kappa shape index (κ1) is 24.5. The minimum absolute atomic E-state index is 0.0630. The van der Waals surface area contributed by atoms with Crippen LogP contribution in [0.25, 0.3) is 0 Å². The van der Waals surface area contributed by atoms with E-state index in [1.54, 1.807) is 18.3 Å². The van der Waals surface area contributed by atoms with Gasteiger partial charge in [0.15, 0.2) is 0 Å². The molecular weight excluding hydrogens is 494 g/mol. The largest absolute Gasteiger partial charge is 0.465 e. The summed E-state index contributed by atoms with van der Waals surface area (Å²) in [6.45, 7) is -0.169. The van der Waals surface area contributed by atoms with Crippen molar-refractivity contribution < 1.29 is 27.5 Å². The fraction of sp³-hybridized carbons (Fsp3) is 0.167. The molecule has 0 radical (unpaired) electrons. The van der Waals surface area contributed by atoms with Crippen molar-refractivity contribution in [1.82, 2.24) is 9.29 Å². The van der Waals surface area contributed by atoms with Crippen molar-refractivity contribution in [2.75, 3.05) is 12.0 Å². The molecule has 2 heterocycles. The first-order valence-corrected chi connectivity index (χ1v) is 12.3. The van der Waals surface area contributed by atoms with Gasteiger partial charge in [-0.2, -0.15) is 4.31 Å². The minimum atomic E-state index is -4.20. The molecule has 35 heavy (non-hydrogen) atoms. The summed E-state index contributed by atoms with van der Waals surface area (Å²) in [5.41, 5.74) is 1.02. The molecule has 0 bridgehead atoms. The number of halogens is 1. The first-order chi connectivity index (χ1) is 16.7. The number of ether oxygens (including phenoxy) is 1. The maximum absolute atomic E-state index is 13.6. The fourth-order valence-corrected chi connectivity index (χ4v) is 5.45. The quantitative estimate of drug-likeness (QED) is 0.352. The van der Waals surface area contributed by atoms with E-state index in [9.17, 15) is 22.8 Å². The maximum atomic E-state index is 13.6. The average molecular weight is 514 g/mol. The molecule has 0 spiro atoms. The van der Waals surface area contributed by atoms with Gasteiger partial charge >= 0.3 is 5.97 Å². The lowest BCUT2D eigenvalue weighted by Gasteiger charge is -2.27. The Labute approximate surface area is 206 Å². The van der Waals surface area contributed by atoms with Crippen LogP contribution in [0.5, 0.6) is 0 Å². The predicted octanol–water partition coefficient (Wildman–Crippen LogP) is 3.04. The summed E-state index contributed by atoms with van der Waals surface area (Å²) in [7, 11) is -2.95. The molecule has 4 rings (SSSR count). The zero-order valence-corrected chi connectivity index (χ0v) is 20.1. The lowest BCUT2D eigenvalue weighted by molar-refractivity contribution is -0.122. The van der Waals surface area contributed by atoms with Crippen molar-refractivity contribution in [2.24, 2.45) is 0 Å². The van der Waals surface area contributed by atoms with Crippen LogP contribution in [0.2, 0.25) is 5.02 Å². The molecule has 0 N–H and O–H groups in total. The monoisotopic (exact) mass is 513 g/mol. The SMILES string of the molecule is COC(=O)c1ccc(N2C(=O)CC(N(Cc3cccnc3)S(=O)(=O)c3ccc(Cl)cc3)C2=O)cc1. The molecule has 3 aromatic rings. The zero-order chi connectivity index (χ0) is 25.2. The number of imide groups is 1. The molecule has 1 fully saturated rings. The summed E-state index contributed by atoms with van der Waals surface area (Å²) in [5, 5.41) is 0.358. The summed E-state index contributed by atoms with van der Waals surface area (Å²) < 4.78 is 32.9. The van der Waals surface area contributed by atoms with Crippen LogP contribution in [0.3, 0.4) is 0 Å². The van der Waals surface area contributed by atoms with Crippen LogP contribution < -0.4 is 4.90 Å². The van der Waals surface area contributed by atoms with Crippen molar-refractivity contribution in [3.63, 3.8) is 0 Å². The van der Waals surface area contributed by atoms with Crippen LogP contribution in [0.1, 0.15) is 22.3 Å². The molecule has 0 saturated carbocycles. The Morgan fingerprint density at radius 2 is 1.80 bits per heavy atom. The predicted molar refractivity (Wildman–Crippen MR) is 127 cm³/mol. The molecule has 0 aliphatic carbocycles. The zero-order valence-electron chi connectivity index (χ0n) is 18.5. The number of amides is 2. The number of methoxy groups -OCH3 is 1. The van der Waals surface area contributed by atoms with Gasteiger partial charge in [-0.25, -0.2) is 18.1 Å². The van der Waals surface area contributed by atoms with E-state index in [-0.39, 0.29) is 29.1 Å². The van der Waals surface area contributed by atoms with Crippen LogP contribution in [-0.2, 0) is 30.9 Å². The highest BCUT2D eigenvalue weighted by molar-refractivity contribution is 7.89. The third kappa shape index (κ3) is 4.95. The van der Waals surface area contributed by atoms with E-state index in [4.69, 9.17) is 11.6 Å². The Balaban J connectivity index is 1.70. The lowest BCUT2D eigenvalue weighted by Crippen LogP contribution is -2.45. The highest BCUT2D eigenvalue weighted by Gasteiger charge is 2.47. The van der Waals surface area contributed by atoms with Gasteiger partial charge in [-0.15, -0.1) is 0 Å². The fourth-order valence-electron chi connectivity index (χ4n) is 3.75. The summed E-state index contributed by atoms with van der Waals surface area (Å²) in [6, 6.07) is 13.3. The summed E-state index contributed by atoms with van der Waals surface area (Å²) in [5.74, 6) is -1.82. The van der Waals surface area contributed by atoms with E-state index in [0.29, 0.717) is 10.6 Å². The van der Waals surface area contributed by atoms with Crippen molar-refractivity contribution >= 4 is 45.1 Å². The highest BCUT2D eigenvalue weighted by Crippen LogP contribution is 2.31. The lowest BCUT2D eigenvalue weighted by atomic mass is 10.2. The number of pyridine rings is 1. The number of hydrogen-bond donors (Lipinski definition) is 0. The number of carbonyl (C=O) groups is 3. The molecule has 1 aliphatic rings. The normalized spacial score (nSPS) is 16.1. The molecule has 1 atom stereocenters. The Morgan fingerprint density at radius 3 is 2.40 bits per heavy atom. The molecule has 9 nitrogen and oxygen atoms in total. The van der Waals surface area contributed by atoms with Crippen LogP contribution in [-0.4, -0.2) is 48.6 Å². The van der Waals surface area contributed by atoms with Gasteiger partial charge < -0.3 is 4.74 Å². The van der Waals surface area contributed by atoms with Crippen LogP contribution in [0.4, 0.5) is 5.69 Å². The molecule has 1 aromatic heterocycles. The van der Waals surface area contributed by atoms with E-state index in [1.165, 1.54) is 61.8 Å². The highest BCUT2D eigenvalue weighted by atomic mass is 35.5. The minimum Gasteiger partial charge on any atom is -0.465 e. The number of aromatic nitrogens is 1. The van der Waals surface area contributed by atoms with Gasteiger partial charge in [0.1, 0.15) is 6.04 Å². The molecular formula is C24H20ClN3O6S. The topological polar surface area (TPSA) is 114 Å².